The molecule has 124 valence electrons. The lowest BCUT2D eigenvalue weighted by Gasteiger charge is -2.19. The third-order valence-electron chi connectivity index (χ3n) is 3.81. The fourth-order valence-corrected chi connectivity index (χ4v) is 2.48. The van der Waals surface area contributed by atoms with Gasteiger partial charge < -0.3 is 5.32 Å². The first-order chi connectivity index (χ1) is 10.6. The molecule has 1 atom stereocenters. The van der Waals surface area contributed by atoms with E-state index >= 15 is 0 Å². The van der Waals surface area contributed by atoms with Crippen LogP contribution in [0, 0.1) is 24.0 Å². The number of nitro benzene ring substituents is 1. The molecule has 0 aliphatic rings. The van der Waals surface area contributed by atoms with Crippen LogP contribution in [0.4, 0.5) is 11.4 Å². The summed E-state index contributed by atoms with van der Waals surface area (Å²) in [6.07, 6.45) is 2.01. The Kier molecular flexibility index (Phi) is 4.45. The molecule has 0 radical (unpaired) electrons. The largest absolute Gasteiger partial charge is 0.373 e. The Labute approximate surface area is 136 Å². The lowest BCUT2D eigenvalue weighted by molar-refractivity contribution is -0.384. The van der Waals surface area contributed by atoms with Crippen LogP contribution in [0.3, 0.4) is 0 Å². The highest BCUT2D eigenvalue weighted by molar-refractivity contribution is 5.63. The number of benzene rings is 1. The van der Waals surface area contributed by atoms with Gasteiger partial charge in [-0.25, -0.2) is 0 Å². The first-order valence-corrected chi connectivity index (χ1v) is 7.68. The average molecular weight is 316 g/mol. The van der Waals surface area contributed by atoms with Gasteiger partial charge in [-0.15, -0.1) is 0 Å². The normalized spacial score (nSPS) is 13.0. The smallest absolute Gasteiger partial charge is 0.292 e. The van der Waals surface area contributed by atoms with Crippen molar-refractivity contribution in [3.63, 3.8) is 0 Å². The van der Waals surface area contributed by atoms with E-state index in [0.717, 1.165) is 16.8 Å². The van der Waals surface area contributed by atoms with Gasteiger partial charge in [0, 0.05) is 17.8 Å². The highest BCUT2D eigenvalue weighted by atomic mass is 16.6. The predicted octanol–water partition coefficient (Wildman–Crippen LogP) is 4.34. The topological polar surface area (TPSA) is 73.0 Å². The number of nitrogens with zero attached hydrogens (tertiary/aromatic N) is 3. The van der Waals surface area contributed by atoms with Gasteiger partial charge in [-0.05, 0) is 53.2 Å². The van der Waals surface area contributed by atoms with Gasteiger partial charge in [-0.3, -0.25) is 14.8 Å². The second-order valence-corrected chi connectivity index (χ2v) is 6.93. The number of aromatic nitrogens is 2. The van der Waals surface area contributed by atoms with Crippen LogP contribution in [-0.4, -0.2) is 14.7 Å². The molecule has 6 heteroatoms. The summed E-state index contributed by atoms with van der Waals surface area (Å²) in [7, 11) is 0. The van der Waals surface area contributed by atoms with E-state index in [1.165, 1.54) is 6.07 Å². The maximum Gasteiger partial charge on any atom is 0.292 e. The molecule has 0 bridgehead atoms. The van der Waals surface area contributed by atoms with Crippen LogP contribution in [-0.2, 0) is 5.54 Å². The third kappa shape index (κ3) is 3.70. The molecule has 0 spiro atoms. The standard InChI is InChI=1S/C17H24N4O2/c1-11-7-8-16(21(22)23)15(9-11)18-12(2)14-10-20(17(4,5)6)19-13(14)3/h7-10,12,18H,1-6H3. The second-order valence-electron chi connectivity index (χ2n) is 6.93. The van der Waals surface area contributed by atoms with Gasteiger partial charge in [0.25, 0.3) is 5.69 Å². The minimum absolute atomic E-state index is 0.0772. The molecule has 0 saturated carbocycles. The maximum absolute atomic E-state index is 11.2. The van der Waals surface area contributed by atoms with E-state index in [1.807, 2.05) is 31.6 Å². The van der Waals surface area contributed by atoms with E-state index < -0.39 is 0 Å². The minimum Gasteiger partial charge on any atom is -0.373 e. The molecule has 2 aromatic rings. The predicted molar refractivity (Wildman–Crippen MR) is 91.8 cm³/mol. The molecule has 1 unspecified atom stereocenters. The molecular weight excluding hydrogens is 292 g/mol. The van der Waals surface area contributed by atoms with Crippen LogP contribution in [0.15, 0.2) is 24.4 Å². The fourth-order valence-electron chi connectivity index (χ4n) is 2.48. The Morgan fingerprint density at radius 2 is 1.96 bits per heavy atom. The molecular formula is C17H24N4O2. The Balaban J connectivity index is 2.33. The van der Waals surface area contributed by atoms with Crippen LogP contribution >= 0.6 is 0 Å². The lowest BCUT2D eigenvalue weighted by Crippen LogP contribution is -2.22. The number of nitro groups is 1. The summed E-state index contributed by atoms with van der Waals surface area (Å²) in [5.74, 6) is 0. The van der Waals surface area contributed by atoms with Crippen molar-refractivity contribution in [3.8, 4) is 0 Å². The van der Waals surface area contributed by atoms with E-state index in [0.29, 0.717) is 5.69 Å². The van der Waals surface area contributed by atoms with Gasteiger partial charge in [-0.2, -0.15) is 5.10 Å². The number of hydrogen-bond acceptors (Lipinski definition) is 4. The van der Waals surface area contributed by atoms with Crippen LogP contribution < -0.4 is 5.32 Å². The molecule has 2 rings (SSSR count). The molecule has 0 aliphatic heterocycles. The Morgan fingerprint density at radius 3 is 2.48 bits per heavy atom. The highest BCUT2D eigenvalue weighted by Gasteiger charge is 2.21. The van der Waals surface area contributed by atoms with E-state index in [2.05, 4.69) is 31.2 Å². The van der Waals surface area contributed by atoms with Crippen molar-refractivity contribution in [2.45, 2.75) is 53.1 Å². The molecule has 1 aromatic heterocycles. The fraction of sp³-hybridized carbons (Fsp3) is 0.471. The Bertz CT molecular complexity index is 729. The zero-order chi connectivity index (χ0) is 17.4. The van der Waals surface area contributed by atoms with Crippen molar-refractivity contribution in [1.29, 1.82) is 0 Å². The van der Waals surface area contributed by atoms with Gasteiger partial charge in [0.1, 0.15) is 5.69 Å². The zero-order valence-corrected chi connectivity index (χ0v) is 14.5. The van der Waals surface area contributed by atoms with Crippen LogP contribution in [0.2, 0.25) is 0 Å². The van der Waals surface area contributed by atoms with E-state index in [1.54, 1.807) is 12.1 Å². The van der Waals surface area contributed by atoms with Crippen LogP contribution in [0.5, 0.6) is 0 Å². The third-order valence-corrected chi connectivity index (χ3v) is 3.81. The SMILES string of the molecule is Cc1ccc([N+](=O)[O-])c(NC(C)c2cn(C(C)(C)C)nc2C)c1. The minimum atomic E-state index is -0.361. The first-order valence-electron chi connectivity index (χ1n) is 7.68. The van der Waals surface area contributed by atoms with Crippen LogP contribution in [0.1, 0.15) is 50.6 Å². The quantitative estimate of drug-likeness (QED) is 0.673. The van der Waals surface area contributed by atoms with Crippen molar-refractivity contribution in [2.24, 2.45) is 0 Å². The summed E-state index contributed by atoms with van der Waals surface area (Å²) in [4.78, 5) is 10.8. The zero-order valence-electron chi connectivity index (χ0n) is 14.5. The number of nitrogens with one attached hydrogen (secondary N) is 1. The summed E-state index contributed by atoms with van der Waals surface area (Å²) in [5.41, 5.74) is 3.46. The Hall–Kier alpha value is -2.37. The highest BCUT2D eigenvalue weighted by Crippen LogP contribution is 2.30. The van der Waals surface area contributed by atoms with E-state index in [-0.39, 0.29) is 22.2 Å². The maximum atomic E-state index is 11.2. The average Bonchev–Trinajstić information content (AvgIpc) is 2.80. The molecule has 0 fully saturated rings. The molecule has 23 heavy (non-hydrogen) atoms. The molecule has 0 saturated heterocycles. The van der Waals surface area contributed by atoms with Crippen molar-refractivity contribution < 1.29 is 4.92 Å². The van der Waals surface area contributed by atoms with Crippen molar-refractivity contribution >= 4 is 11.4 Å². The van der Waals surface area contributed by atoms with Crippen molar-refractivity contribution in [2.75, 3.05) is 5.32 Å². The van der Waals surface area contributed by atoms with Gasteiger partial charge in [0.15, 0.2) is 0 Å². The monoisotopic (exact) mass is 316 g/mol. The van der Waals surface area contributed by atoms with Crippen LogP contribution in [0.25, 0.3) is 0 Å². The van der Waals surface area contributed by atoms with Gasteiger partial charge in [0.2, 0.25) is 0 Å². The number of hydrogen-bond donors (Lipinski definition) is 1. The number of aryl methyl sites for hydroxylation is 2. The van der Waals surface area contributed by atoms with E-state index in [9.17, 15) is 10.1 Å². The lowest BCUT2D eigenvalue weighted by atomic mass is 10.1. The molecule has 6 nitrogen and oxygen atoms in total. The van der Waals surface area contributed by atoms with Crippen molar-refractivity contribution in [1.82, 2.24) is 9.78 Å². The van der Waals surface area contributed by atoms with Gasteiger partial charge >= 0.3 is 0 Å². The first kappa shape index (κ1) is 17.0. The molecule has 1 aromatic carbocycles. The summed E-state index contributed by atoms with van der Waals surface area (Å²) < 4.78 is 1.93. The molecule has 1 heterocycles. The summed E-state index contributed by atoms with van der Waals surface area (Å²) in [6.45, 7) is 12.1. The summed E-state index contributed by atoms with van der Waals surface area (Å²) in [5, 5.41) is 19.0. The number of anilines is 1. The summed E-state index contributed by atoms with van der Waals surface area (Å²) in [6, 6.07) is 5.01. The molecule has 0 amide bonds. The Morgan fingerprint density at radius 1 is 1.30 bits per heavy atom. The molecule has 0 aliphatic carbocycles. The van der Waals surface area contributed by atoms with Gasteiger partial charge in [0.05, 0.1) is 22.2 Å². The van der Waals surface area contributed by atoms with Crippen molar-refractivity contribution in [3.05, 3.63) is 51.3 Å². The number of rotatable bonds is 4. The second kappa shape index (κ2) is 6.02. The summed E-state index contributed by atoms with van der Waals surface area (Å²) >= 11 is 0. The van der Waals surface area contributed by atoms with Gasteiger partial charge in [-0.1, -0.05) is 6.07 Å². The molecule has 1 N–H and O–H groups in total. The van der Waals surface area contributed by atoms with E-state index in [4.69, 9.17) is 0 Å².